The Hall–Kier alpha value is -3.40. The Kier molecular flexibility index (Phi) is 6.45. The molecule has 3 aromatic rings. The fourth-order valence-electron chi connectivity index (χ4n) is 2.54. The largest absolute Gasteiger partial charge is 0.484 e. The first kappa shape index (κ1) is 20.3. The minimum atomic E-state index is -0.523. The maximum atomic E-state index is 12.0. The van der Waals surface area contributed by atoms with Crippen molar-refractivity contribution >= 4 is 29.0 Å². The monoisotopic (exact) mass is 414 g/mol. The standard InChI is InChI=1S/C19H18N4O5S/c1-12-6-13(2)8-16(7-12)27-10-18-21-22-19(28-18)29-11-17(24)20-14-4-3-5-15(9-14)23(25)26/h3-9H,10-11H2,1-2H3,(H,20,24). The first-order valence-corrected chi connectivity index (χ1v) is 9.58. The number of nitrogens with one attached hydrogen (secondary N) is 1. The highest BCUT2D eigenvalue weighted by Gasteiger charge is 2.12. The third kappa shape index (κ3) is 6.04. The molecule has 0 radical (unpaired) electrons. The van der Waals surface area contributed by atoms with E-state index in [0.717, 1.165) is 22.9 Å². The van der Waals surface area contributed by atoms with Crippen LogP contribution < -0.4 is 10.1 Å². The van der Waals surface area contributed by atoms with Crippen LogP contribution in [0, 0.1) is 24.0 Å². The van der Waals surface area contributed by atoms with Crippen LogP contribution in [0.5, 0.6) is 5.75 Å². The van der Waals surface area contributed by atoms with Gasteiger partial charge in [-0.1, -0.05) is 23.9 Å². The summed E-state index contributed by atoms with van der Waals surface area (Å²) in [4.78, 5) is 22.3. The third-order valence-corrected chi connectivity index (χ3v) is 4.49. The van der Waals surface area contributed by atoms with E-state index in [2.05, 4.69) is 15.5 Å². The van der Waals surface area contributed by atoms with Gasteiger partial charge in [0.1, 0.15) is 5.75 Å². The molecule has 0 aliphatic heterocycles. The van der Waals surface area contributed by atoms with Gasteiger partial charge in [0.05, 0.1) is 10.7 Å². The van der Waals surface area contributed by atoms with Gasteiger partial charge in [-0.2, -0.15) is 0 Å². The number of ether oxygens (including phenoxy) is 1. The van der Waals surface area contributed by atoms with Crippen LogP contribution in [-0.2, 0) is 11.4 Å². The molecule has 0 spiro atoms. The quantitative estimate of drug-likeness (QED) is 0.335. The summed E-state index contributed by atoms with van der Waals surface area (Å²) in [5, 5.41) is 21.4. The van der Waals surface area contributed by atoms with Crippen LogP contribution in [0.15, 0.2) is 52.1 Å². The summed E-state index contributed by atoms with van der Waals surface area (Å²) in [6.07, 6.45) is 0. The summed E-state index contributed by atoms with van der Waals surface area (Å²) in [7, 11) is 0. The Bertz CT molecular complexity index is 1020. The summed E-state index contributed by atoms with van der Waals surface area (Å²) in [6.45, 7) is 4.09. The summed E-state index contributed by atoms with van der Waals surface area (Å²) in [5.74, 6) is 0.682. The second-order valence-electron chi connectivity index (χ2n) is 6.22. The van der Waals surface area contributed by atoms with Gasteiger partial charge in [-0.3, -0.25) is 14.9 Å². The maximum Gasteiger partial charge on any atom is 0.277 e. The molecule has 10 heteroatoms. The minimum absolute atomic E-state index is 0.0161. The van der Waals surface area contributed by atoms with Crippen molar-refractivity contribution in [1.29, 1.82) is 0 Å². The number of anilines is 1. The number of rotatable bonds is 8. The van der Waals surface area contributed by atoms with Crippen molar-refractivity contribution in [2.75, 3.05) is 11.1 Å². The zero-order valence-electron chi connectivity index (χ0n) is 15.7. The van der Waals surface area contributed by atoms with Gasteiger partial charge in [-0.05, 0) is 43.2 Å². The first-order chi connectivity index (χ1) is 13.9. The Balaban J connectivity index is 1.49. The molecule has 0 fully saturated rings. The van der Waals surface area contributed by atoms with Crippen LogP contribution in [0.4, 0.5) is 11.4 Å². The van der Waals surface area contributed by atoms with Gasteiger partial charge < -0.3 is 14.5 Å². The molecule has 2 aromatic carbocycles. The normalized spacial score (nSPS) is 10.6. The molecule has 0 atom stereocenters. The number of hydrogen-bond acceptors (Lipinski definition) is 8. The molecule has 29 heavy (non-hydrogen) atoms. The SMILES string of the molecule is Cc1cc(C)cc(OCc2nnc(SCC(=O)Nc3cccc([N+](=O)[O-])c3)o2)c1. The number of aryl methyl sites for hydroxylation is 2. The average Bonchev–Trinajstić information content (AvgIpc) is 3.12. The molecule has 0 aliphatic carbocycles. The molecule has 1 amide bonds. The Morgan fingerprint density at radius 3 is 2.69 bits per heavy atom. The van der Waals surface area contributed by atoms with Crippen LogP contribution in [0.3, 0.4) is 0 Å². The number of hydrogen-bond donors (Lipinski definition) is 1. The summed E-state index contributed by atoms with van der Waals surface area (Å²) in [6, 6.07) is 11.6. The van der Waals surface area contributed by atoms with E-state index in [-0.39, 0.29) is 29.2 Å². The van der Waals surface area contributed by atoms with Crippen LogP contribution in [0.2, 0.25) is 0 Å². The zero-order valence-corrected chi connectivity index (χ0v) is 16.6. The maximum absolute atomic E-state index is 12.0. The van der Waals surface area contributed by atoms with Crippen molar-refractivity contribution < 1.29 is 18.9 Å². The highest BCUT2D eigenvalue weighted by atomic mass is 32.2. The Morgan fingerprint density at radius 1 is 1.21 bits per heavy atom. The minimum Gasteiger partial charge on any atom is -0.484 e. The molecular weight excluding hydrogens is 396 g/mol. The highest BCUT2D eigenvalue weighted by Crippen LogP contribution is 2.21. The smallest absolute Gasteiger partial charge is 0.277 e. The fourth-order valence-corrected chi connectivity index (χ4v) is 3.12. The fraction of sp³-hybridized carbons (Fsp3) is 0.211. The number of nitro benzene ring substituents is 1. The van der Waals surface area contributed by atoms with E-state index < -0.39 is 4.92 Å². The lowest BCUT2D eigenvalue weighted by Crippen LogP contribution is -2.14. The lowest BCUT2D eigenvalue weighted by atomic mass is 10.1. The van der Waals surface area contributed by atoms with Gasteiger partial charge >= 0.3 is 0 Å². The van der Waals surface area contributed by atoms with Gasteiger partial charge in [0, 0.05) is 17.8 Å². The topological polar surface area (TPSA) is 120 Å². The van der Waals surface area contributed by atoms with E-state index in [1.165, 1.54) is 18.2 Å². The van der Waals surface area contributed by atoms with Crippen molar-refractivity contribution in [3.05, 3.63) is 69.6 Å². The number of thioether (sulfide) groups is 1. The summed E-state index contributed by atoms with van der Waals surface area (Å²) in [5.41, 5.74) is 2.44. The van der Waals surface area contributed by atoms with E-state index in [0.29, 0.717) is 17.3 Å². The number of carbonyl (C=O) groups excluding carboxylic acids is 1. The van der Waals surface area contributed by atoms with Gasteiger partial charge in [-0.25, -0.2) is 0 Å². The van der Waals surface area contributed by atoms with Gasteiger partial charge in [0.25, 0.3) is 16.8 Å². The lowest BCUT2D eigenvalue weighted by molar-refractivity contribution is -0.384. The molecule has 1 N–H and O–H groups in total. The zero-order chi connectivity index (χ0) is 20.8. The number of nitro groups is 1. The lowest BCUT2D eigenvalue weighted by Gasteiger charge is -2.05. The molecular formula is C19H18N4O5S. The molecule has 9 nitrogen and oxygen atoms in total. The van der Waals surface area contributed by atoms with Crippen LogP contribution in [-0.4, -0.2) is 26.8 Å². The second kappa shape index (κ2) is 9.20. The number of benzene rings is 2. The van der Waals surface area contributed by atoms with Gasteiger partial charge in [0.15, 0.2) is 6.61 Å². The molecule has 1 heterocycles. The second-order valence-corrected chi connectivity index (χ2v) is 7.14. The van der Waals surface area contributed by atoms with E-state index >= 15 is 0 Å². The van der Waals surface area contributed by atoms with Crippen molar-refractivity contribution in [2.45, 2.75) is 25.7 Å². The third-order valence-electron chi connectivity index (χ3n) is 3.67. The number of aromatic nitrogens is 2. The molecule has 1 aromatic heterocycles. The summed E-state index contributed by atoms with van der Waals surface area (Å²) < 4.78 is 11.1. The van der Waals surface area contributed by atoms with E-state index in [4.69, 9.17) is 9.15 Å². The van der Waals surface area contributed by atoms with E-state index in [1.807, 2.05) is 32.0 Å². The van der Waals surface area contributed by atoms with Crippen molar-refractivity contribution in [1.82, 2.24) is 10.2 Å². The number of non-ortho nitro benzene ring substituents is 1. The van der Waals surface area contributed by atoms with E-state index in [9.17, 15) is 14.9 Å². The molecule has 150 valence electrons. The Morgan fingerprint density at radius 2 is 1.97 bits per heavy atom. The molecule has 0 saturated carbocycles. The average molecular weight is 414 g/mol. The van der Waals surface area contributed by atoms with E-state index in [1.54, 1.807) is 6.07 Å². The molecule has 3 rings (SSSR count). The molecule has 0 aliphatic rings. The van der Waals surface area contributed by atoms with Crippen LogP contribution >= 0.6 is 11.8 Å². The van der Waals surface area contributed by atoms with Gasteiger partial charge in [0.2, 0.25) is 5.91 Å². The van der Waals surface area contributed by atoms with Crippen LogP contribution in [0.25, 0.3) is 0 Å². The van der Waals surface area contributed by atoms with Crippen LogP contribution in [0.1, 0.15) is 17.0 Å². The van der Waals surface area contributed by atoms with Crippen molar-refractivity contribution in [3.8, 4) is 5.75 Å². The molecule has 0 saturated heterocycles. The predicted molar refractivity (Wildman–Crippen MR) is 107 cm³/mol. The van der Waals surface area contributed by atoms with Crippen molar-refractivity contribution in [3.63, 3.8) is 0 Å². The first-order valence-electron chi connectivity index (χ1n) is 8.59. The summed E-state index contributed by atoms with van der Waals surface area (Å²) >= 11 is 1.06. The Labute approximate surface area is 170 Å². The number of amides is 1. The van der Waals surface area contributed by atoms with Crippen molar-refractivity contribution in [2.24, 2.45) is 0 Å². The van der Waals surface area contributed by atoms with Gasteiger partial charge in [-0.15, -0.1) is 10.2 Å². The predicted octanol–water partition coefficient (Wildman–Crippen LogP) is 3.90. The number of nitrogens with zero attached hydrogens (tertiary/aromatic N) is 3. The molecule has 0 unspecified atom stereocenters. The highest BCUT2D eigenvalue weighted by molar-refractivity contribution is 7.99. The number of carbonyl (C=O) groups is 1. The molecule has 0 bridgehead atoms.